The molecule has 1 saturated heterocycles. The molecule has 1 rings (SSSR count). The molecule has 0 saturated carbocycles. The van der Waals surface area contributed by atoms with Crippen molar-refractivity contribution >= 4 is 0 Å². The van der Waals surface area contributed by atoms with E-state index in [2.05, 4.69) is 4.74 Å². The number of hydrogen-bond donors (Lipinski definition) is 1. The first kappa shape index (κ1) is 27.8. The van der Waals surface area contributed by atoms with Crippen molar-refractivity contribution in [3.63, 3.8) is 0 Å². The van der Waals surface area contributed by atoms with E-state index in [4.69, 9.17) is 5.11 Å². The van der Waals surface area contributed by atoms with Gasteiger partial charge < -0.3 is 5.11 Å². The lowest BCUT2D eigenvalue weighted by Crippen LogP contribution is -2.75. The maximum Gasteiger partial charge on any atom is 0.409 e. The molecule has 1 heterocycles. The minimum Gasteiger partial charge on any atom is -0.332 e. The van der Waals surface area contributed by atoms with Crippen molar-refractivity contribution in [2.24, 2.45) is 0 Å². The van der Waals surface area contributed by atoms with Gasteiger partial charge in [-0.05, 0) is 0 Å². The monoisotopic (exact) mass is 506 g/mol. The van der Waals surface area contributed by atoms with Gasteiger partial charge in [0.2, 0.25) is 0 Å². The molecule has 20 heteroatoms. The number of aliphatic hydroxyl groups is 1. The van der Waals surface area contributed by atoms with Crippen LogP contribution in [0.3, 0.4) is 0 Å². The molecule has 0 aliphatic carbocycles. The number of alkyl halides is 16. The topological polar surface area (TPSA) is 47.9 Å². The predicted molar refractivity (Wildman–Crippen MR) is 58.3 cm³/mol. The smallest absolute Gasteiger partial charge is 0.332 e. The van der Waals surface area contributed by atoms with Crippen LogP contribution < -0.4 is 0 Å². The molecule has 1 fully saturated rings. The molecule has 1 N–H and O–H groups in total. The number of halogens is 16. The molecule has 0 radical (unpaired) electrons. The summed E-state index contributed by atoms with van der Waals surface area (Å²) in [4.78, 5) is 0. The standard InChI is InChI=1S/C11H6F16O4/c1-4(14,15)2(12)29-8(20,21)6(18)7(19,11(26,27)31-10(6,24)25)9(22,23)30-3(13)5(16,17)28/h2-3,28H,1H3. The minimum atomic E-state index is -7.78. The summed E-state index contributed by atoms with van der Waals surface area (Å²) >= 11 is 0. The van der Waals surface area contributed by atoms with Gasteiger partial charge >= 0.3 is 41.9 Å². The first-order valence-electron chi connectivity index (χ1n) is 6.92. The summed E-state index contributed by atoms with van der Waals surface area (Å²) in [6.45, 7) is -0.659. The highest BCUT2D eigenvalue weighted by atomic mass is 19.3. The predicted octanol–water partition coefficient (Wildman–Crippen LogP) is 4.67. The van der Waals surface area contributed by atoms with Gasteiger partial charge in [0.15, 0.2) is 0 Å². The Hall–Kier alpha value is -1.28. The first-order valence-corrected chi connectivity index (χ1v) is 6.92. The highest BCUT2D eigenvalue weighted by Crippen LogP contribution is 2.69. The summed E-state index contributed by atoms with van der Waals surface area (Å²) < 4.78 is 219. The molecule has 0 amide bonds. The summed E-state index contributed by atoms with van der Waals surface area (Å²) in [5.41, 5.74) is -15.5. The molecule has 4 unspecified atom stereocenters. The third kappa shape index (κ3) is 3.99. The summed E-state index contributed by atoms with van der Waals surface area (Å²) in [6.07, 6.45) is -45.9. The molecular weight excluding hydrogens is 500 g/mol. The quantitative estimate of drug-likeness (QED) is 0.487. The van der Waals surface area contributed by atoms with Crippen molar-refractivity contribution in [3.05, 3.63) is 0 Å². The van der Waals surface area contributed by atoms with E-state index in [9.17, 15) is 70.2 Å². The molecule has 0 aromatic rings. The zero-order valence-electron chi connectivity index (χ0n) is 13.9. The van der Waals surface area contributed by atoms with Crippen molar-refractivity contribution in [2.45, 2.75) is 67.4 Å². The maximum atomic E-state index is 14.5. The van der Waals surface area contributed by atoms with Gasteiger partial charge in [0.1, 0.15) is 0 Å². The van der Waals surface area contributed by atoms with Crippen LogP contribution in [0, 0.1) is 0 Å². The van der Waals surface area contributed by atoms with Crippen LogP contribution in [0.2, 0.25) is 0 Å². The number of hydrogen-bond acceptors (Lipinski definition) is 4. The molecule has 0 bridgehead atoms. The molecule has 0 aromatic heterocycles. The molecule has 1 aliphatic rings. The second-order valence-corrected chi connectivity index (χ2v) is 5.90. The third-order valence-electron chi connectivity index (χ3n) is 3.51. The van der Waals surface area contributed by atoms with Crippen LogP contribution >= 0.6 is 0 Å². The second kappa shape index (κ2) is 7.11. The molecule has 1 aliphatic heterocycles. The summed E-state index contributed by atoms with van der Waals surface area (Å²) in [5, 5.41) is 7.75. The summed E-state index contributed by atoms with van der Waals surface area (Å²) in [7, 11) is 0. The molecule has 0 aromatic carbocycles. The van der Waals surface area contributed by atoms with Crippen LogP contribution in [-0.2, 0) is 14.2 Å². The van der Waals surface area contributed by atoms with Crippen molar-refractivity contribution in [2.75, 3.05) is 0 Å². The molecular formula is C11H6F16O4. The van der Waals surface area contributed by atoms with Gasteiger partial charge in [0.25, 0.3) is 18.6 Å². The molecule has 0 spiro atoms. The Morgan fingerprint density at radius 2 is 0.968 bits per heavy atom. The third-order valence-corrected chi connectivity index (χ3v) is 3.51. The zero-order chi connectivity index (χ0) is 25.3. The minimum absolute atomic E-state index is 0.659. The molecule has 186 valence electrons. The Kier molecular flexibility index (Phi) is 6.36. The molecule has 4 atom stereocenters. The van der Waals surface area contributed by atoms with E-state index in [1.165, 1.54) is 0 Å². The van der Waals surface area contributed by atoms with Crippen LogP contribution in [0.1, 0.15) is 6.92 Å². The fourth-order valence-electron chi connectivity index (χ4n) is 2.04. The van der Waals surface area contributed by atoms with Gasteiger partial charge in [0.05, 0.1) is 0 Å². The van der Waals surface area contributed by atoms with Crippen molar-refractivity contribution in [1.82, 2.24) is 0 Å². The van der Waals surface area contributed by atoms with Crippen LogP contribution in [0.15, 0.2) is 0 Å². The van der Waals surface area contributed by atoms with E-state index in [0.29, 0.717) is 0 Å². The number of rotatable bonds is 8. The normalized spacial score (nSPS) is 31.5. The van der Waals surface area contributed by atoms with Gasteiger partial charge in [-0.25, -0.2) is 31.1 Å². The second-order valence-electron chi connectivity index (χ2n) is 5.90. The van der Waals surface area contributed by atoms with E-state index < -0.39 is 67.4 Å². The largest absolute Gasteiger partial charge is 0.409 e. The summed E-state index contributed by atoms with van der Waals surface area (Å²) in [5.74, 6) is -5.20. The van der Waals surface area contributed by atoms with Crippen LogP contribution in [0.5, 0.6) is 0 Å². The lowest BCUT2D eigenvalue weighted by molar-refractivity contribution is -0.472. The lowest BCUT2D eigenvalue weighted by atomic mass is 9.83. The van der Waals surface area contributed by atoms with Crippen LogP contribution in [0.4, 0.5) is 70.2 Å². The highest BCUT2D eigenvalue weighted by Gasteiger charge is 3.02. The summed E-state index contributed by atoms with van der Waals surface area (Å²) in [6, 6.07) is 0. The highest BCUT2D eigenvalue weighted by molar-refractivity contribution is 5.23. The molecule has 31 heavy (non-hydrogen) atoms. The van der Waals surface area contributed by atoms with Crippen molar-refractivity contribution in [3.8, 4) is 0 Å². The van der Waals surface area contributed by atoms with Crippen molar-refractivity contribution < 1.29 is 89.6 Å². The maximum absolute atomic E-state index is 14.5. The van der Waals surface area contributed by atoms with Gasteiger partial charge in [0, 0.05) is 6.92 Å². The Morgan fingerprint density at radius 3 is 1.23 bits per heavy atom. The van der Waals surface area contributed by atoms with Crippen molar-refractivity contribution in [1.29, 1.82) is 0 Å². The SMILES string of the molecule is CC(F)(F)C(F)OC(F)(F)C1(F)C(F)(F)OC(F)(F)C1(F)C(F)(F)OC(F)C(O)(F)F. The Labute approximate surface area is 158 Å². The van der Waals surface area contributed by atoms with Gasteiger partial charge in [-0.15, -0.1) is 0 Å². The lowest BCUT2D eigenvalue weighted by Gasteiger charge is -2.42. The first-order chi connectivity index (χ1) is 13.2. The average molecular weight is 506 g/mol. The fourth-order valence-corrected chi connectivity index (χ4v) is 2.04. The van der Waals surface area contributed by atoms with E-state index in [-0.39, 0.29) is 0 Å². The van der Waals surface area contributed by atoms with Gasteiger partial charge in [-0.2, -0.15) is 43.9 Å². The van der Waals surface area contributed by atoms with Gasteiger partial charge in [-0.1, -0.05) is 0 Å². The van der Waals surface area contributed by atoms with E-state index in [1.807, 2.05) is 9.47 Å². The van der Waals surface area contributed by atoms with E-state index >= 15 is 0 Å². The molecule has 4 nitrogen and oxygen atoms in total. The fraction of sp³-hybridized carbons (Fsp3) is 1.00. The van der Waals surface area contributed by atoms with Crippen LogP contribution in [-0.4, -0.2) is 65.6 Å². The average Bonchev–Trinajstić information content (AvgIpc) is 2.60. The van der Waals surface area contributed by atoms with Gasteiger partial charge in [-0.3, -0.25) is 9.47 Å². The Balaban J connectivity index is 3.74. The zero-order valence-corrected chi connectivity index (χ0v) is 13.9. The van der Waals surface area contributed by atoms with E-state index in [1.54, 1.807) is 0 Å². The Bertz CT molecular complexity index is 617. The number of ether oxygens (including phenoxy) is 3. The Morgan fingerprint density at radius 1 is 0.677 bits per heavy atom. The van der Waals surface area contributed by atoms with E-state index in [0.717, 1.165) is 0 Å². The van der Waals surface area contributed by atoms with Crippen LogP contribution in [0.25, 0.3) is 0 Å².